The van der Waals surface area contributed by atoms with Crippen LogP contribution < -0.4 is 16.0 Å². The third-order valence-corrected chi connectivity index (χ3v) is 6.85. The van der Waals surface area contributed by atoms with Crippen LogP contribution in [-0.4, -0.2) is 88.8 Å². The minimum absolute atomic E-state index is 0.0527. The molecule has 0 spiro atoms. The molecule has 1 atom stereocenters. The third-order valence-electron chi connectivity index (χ3n) is 6.85. The number of carbonyl (C=O) groups is 3. The van der Waals surface area contributed by atoms with Crippen LogP contribution in [0.2, 0.25) is 0 Å². The van der Waals surface area contributed by atoms with E-state index in [9.17, 15) is 19.5 Å². The SMILES string of the molecule is CC(C)(C)N(C(=O)O)C1CCCN(c2ccc(C(N)=O)c(Nc3ccc(C(=O)N4CCOCC4)cc3)n2)C1. The second kappa shape index (κ2) is 11.3. The van der Waals surface area contributed by atoms with Crippen molar-refractivity contribution in [2.24, 2.45) is 5.73 Å². The summed E-state index contributed by atoms with van der Waals surface area (Å²) >= 11 is 0. The standard InChI is InChI=1S/C27H36N6O5/c1-27(2,3)33(26(36)37)20-5-4-12-32(17-20)22-11-10-21(23(28)34)24(30-22)29-19-8-6-18(7-9-19)25(35)31-13-15-38-16-14-31/h6-11,20H,4-5,12-17H2,1-3H3,(H2,28,34)(H,29,30)(H,36,37). The number of amides is 3. The molecule has 2 saturated heterocycles. The molecule has 2 aliphatic heterocycles. The number of nitrogens with zero attached hydrogens (tertiary/aromatic N) is 4. The zero-order valence-corrected chi connectivity index (χ0v) is 22.1. The van der Waals surface area contributed by atoms with E-state index in [1.54, 1.807) is 41.3 Å². The highest BCUT2D eigenvalue weighted by Gasteiger charge is 2.36. The molecule has 0 radical (unpaired) electrons. The van der Waals surface area contributed by atoms with Crippen molar-refractivity contribution in [1.82, 2.24) is 14.8 Å². The van der Waals surface area contributed by atoms with Crippen LogP contribution >= 0.6 is 0 Å². The maximum absolute atomic E-state index is 12.7. The van der Waals surface area contributed by atoms with Gasteiger partial charge in [0.05, 0.1) is 24.8 Å². The molecule has 204 valence electrons. The van der Waals surface area contributed by atoms with Gasteiger partial charge in [-0.2, -0.15) is 0 Å². The monoisotopic (exact) mass is 524 g/mol. The Kier molecular flexibility index (Phi) is 8.05. The summed E-state index contributed by atoms with van der Waals surface area (Å²) in [7, 11) is 0. The predicted octanol–water partition coefficient (Wildman–Crippen LogP) is 3.14. The Hall–Kier alpha value is -3.86. The number of morpholine rings is 1. The van der Waals surface area contributed by atoms with Crippen LogP contribution in [0.1, 0.15) is 54.3 Å². The van der Waals surface area contributed by atoms with Crippen molar-refractivity contribution in [3.63, 3.8) is 0 Å². The number of aromatic nitrogens is 1. The number of hydrogen-bond donors (Lipinski definition) is 3. The smallest absolute Gasteiger partial charge is 0.408 e. The number of benzene rings is 1. The van der Waals surface area contributed by atoms with Crippen molar-refractivity contribution in [2.45, 2.75) is 45.2 Å². The van der Waals surface area contributed by atoms with Crippen LogP contribution in [0.3, 0.4) is 0 Å². The number of anilines is 3. The minimum Gasteiger partial charge on any atom is -0.465 e. The molecule has 0 bridgehead atoms. The van der Waals surface area contributed by atoms with Gasteiger partial charge < -0.3 is 30.7 Å². The molecule has 0 saturated carbocycles. The molecule has 2 aliphatic rings. The molecule has 1 aromatic carbocycles. The summed E-state index contributed by atoms with van der Waals surface area (Å²) in [5.74, 6) is 0.255. The lowest BCUT2D eigenvalue weighted by Crippen LogP contribution is -2.57. The molecule has 3 amide bonds. The Morgan fingerprint density at radius 2 is 1.76 bits per heavy atom. The van der Waals surface area contributed by atoms with Crippen LogP contribution in [0, 0.1) is 0 Å². The molecule has 11 heteroatoms. The van der Waals surface area contributed by atoms with Gasteiger partial charge in [0.25, 0.3) is 11.8 Å². The summed E-state index contributed by atoms with van der Waals surface area (Å²) in [5.41, 5.74) is 6.53. The zero-order valence-electron chi connectivity index (χ0n) is 22.1. The van der Waals surface area contributed by atoms with Crippen molar-refractivity contribution >= 4 is 35.2 Å². The van der Waals surface area contributed by atoms with E-state index in [1.165, 1.54) is 4.90 Å². The van der Waals surface area contributed by atoms with Crippen LogP contribution in [0.15, 0.2) is 36.4 Å². The van der Waals surface area contributed by atoms with E-state index in [4.69, 9.17) is 15.5 Å². The average Bonchev–Trinajstić information content (AvgIpc) is 2.88. The molecule has 1 unspecified atom stereocenters. The molecule has 4 rings (SSSR count). The third kappa shape index (κ3) is 6.16. The van der Waals surface area contributed by atoms with Gasteiger partial charge in [0, 0.05) is 43.0 Å². The van der Waals surface area contributed by atoms with E-state index in [0.29, 0.717) is 55.7 Å². The molecule has 38 heavy (non-hydrogen) atoms. The Bertz CT molecular complexity index is 1170. The first-order valence-corrected chi connectivity index (χ1v) is 12.9. The van der Waals surface area contributed by atoms with Gasteiger partial charge >= 0.3 is 6.09 Å². The fourth-order valence-corrected chi connectivity index (χ4v) is 5.07. The van der Waals surface area contributed by atoms with E-state index in [0.717, 1.165) is 19.4 Å². The molecule has 4 N–H and O–H groups in total. The van der Waals surface area contributed by atoms with Gasteiger partial charge in [-0.3, -0.25) is 14.5 Å². The molecule has 2 aromatic rings. The number of hydrogen-bond acceptors (Lipinski definition) is 7. The van der Waals surface area contributed by atoms with Crippen molar-refractivity contribution in [3.05, 3.63) is 47.5 Å². The first-order valence-electron chi connectivity index (χ1n) is 12.9. The van der Waals surface area contributed by atoms with Crippen LogP contribution in [-0.2, 0) is 4.74 Å². The Balaban J connectivity index is 1.53. The minimum atomic E-state index is -0.945. The van der Waals surface area contributed by atoms with Crippen LogP contribution in [0.25, 0.3) is 0 Å². The summed E-state index contributed by atoms with van der Waals surface area (Å²) < 4.78 is 5.32. The quantitative estimate of drug-likeness (QED) is 0.523. The maximum atomic E-state index is 12.7. The normalized spacial score (nSPS) is 18.1. The number of nitrogens with two attached hydrogens (primary N) is 1. The number of carbonyl (C=O) groups excluding carboxylic acids is 2. The average molecular weight is 525 g/mol. The van der Waals surface area contributed by atoms with Crippen molar-refractivity contribution < 1.29 is 24.2 Å². The lowest BCUT2D eigenvalue weighted by molar-refractivity contribution is 0.0303. The molecule has 1 aromatic heterocycles. The molecule has 0 aliphatic carbocycles. The fraction of sp³-hybridized carbons (Fsp3) is 0.481. The van der Waals surface area contributed by atoms with E-state index >= 15 is 0 Å². The van der Waals surface area contributed by atoms with Gasteiger partial charge in [-0.05, 0) is 70.0 Å². The van der Waals surface area contributed by atoms with Gasteiger partial charge in [-0.25, -0.2) is 9.78 Å². The summed E-state index contributed by atoms with van der Waals surface area (Å²) in [5, 5.41) is 13.0. The van der Waals surface area contributed by atoms with Gasteiger partial charge in [-0.1, -0.05) is 0 Å². The van der Waals surface area contributed by atoms with Crippen molar-refractivity contribution in [1.29, 1.82) is 0 Å². The fourth-order valence-electron chi connectivity index (χ4n) is 5.07. The van der Waals surface area contributed by atoms with E-state index in [1.807, 2.05) is 25.7 Å². The van der Waals surface area contributed by atoms with E-state index < -0.39 is 17.5 Å². The van der Waals surface area contributed by atoms with Crippen molar-refractivity contribution in [3.8, 4) is 0 Å². The highest BCUT2D eigenvalue weighted by atomic mass is 16.5. The second-order valence-corrected chi connectivity index (χ2v) is 10.6. The Labute approximate surface area is 222 Å². The largest absolute Gasteiger partial charge is 0.465 e. The summed E-state index contributed by atoms with van der Waals surface area (Å²) in [4.78, 5) is 46.9. The number of carboxylic acid groups (broad SMARTS) is 1. The number of pyridine rings is 1. The number of nitrogens with one attached hydrogen (secondary N) is 1. The predicted molar refractivity (Wildman–Crippen MR) is 144 cm³/mol. The highest BCUT2D eigenvalue weighted by Crippen LogP contribution is 2.29. The lowest BCUT2D eigenvalue weighted by Gasteiger charge is -2.44. The van der Waals surface area contributed by atoms with E-state index in [-0.39, 0.29) is 17.5 Å². The number of piperidine rings is 1. The summed E-state index contributed by atoms with van der Waals surface area (Å²) in [6.07, 6.45) is 0.630. The van der Waals surface area contributed by atoms with Crippen LogP contribution in [0.4, 0.5) is 22.1 Å². The second-order valence-electron chi connectivity index (χ2n) is 10.6. The lowest BCUT2D eigenvalue weighted by atomic mass is 9.97. The zero-order chi connectivity index (χ0) is 27.4. The van der Waals surface area contributed by atoms with Gasteiger partial charge in [0.1, 0.15) is 11.6 Å². The molecule has 11 nitrogen and oxygen atoms in total. The molecular weight excluding hydrogens is 488 g/mol. The topological polar surface area (TPSA) is 141 Å². The number of rotatable bonds is 6. The first kappa shape index (κ1) is 27.2. The van der Waals surface area contributed by atoms with Gasteiger partial charge in [0.15, 0.2) is 0 Å². The molecule has 3 heterocycles. The Morgan fingerprint density at radius 1 is 1.08 bits per heavy atom. The molecule has 2 fully saturated rings. The number of primary amides is 1. The first-order chi connectivity index (χ1) is 18.0. The Morgan fingerprint density at radius 3 is 2.37 bits per heavy atom. The van der Waals surface area contributed by atoms with Crippen molar-refractivity contribution in [2.75, 3.05) is 49.6 Å². The van der Waals surface area contributed by atoms with E-state index in [2.05, 4.69) is 5.32 Å². The van der Waals surface area contributed by atoms with Crippen LogP contribution in [0.5, 0.6) is 0 Å². The van der Waals surface area contributed by atoms with Gasteiger partial charge in [0.2, 0.25) is 0 Å². The maximum Gasteiger partial charge on any atom is 0.408 e. The van der Waals surface area contributed by atoms with Gasteiger partial charge in [-0.15, -0.1) is 0 Å². The summed E-state index contributed by atoms with van der Waals surface area (Å²) in [6, 6.07) is 10.2. The highest BCUT2D eigenvalue weighted by molar-refractivity contribution is 5.99. The summed E-state index contributed by atoms with van der Waals surface area (Å²) in [6.45, 7) is 9.07. The number of ether oxygens (including phenoxy) is 1. The molecular formula is C27H36N6O5.